The van der Waals surface area contributed by atoms with E-state index in [1.54, 1.807) is 0 Å². The van der Waals surface area contributed by atoms with Crippen LogP contribution in [0, 0.1) is 0 Å². The fourth-order valence-electron chi connectivity index (χ4n) is 0.720. The predicted molar refractivity (Wildman–Crippen MR) is 36.1 cm³/mol. The molecule has 0 aromatic rings. The average Bonchev–Trinajstić information content (AvgIpc) is 1.77. The molecule has 0 unspecified atom stereocenters. The van der Waals surface area contributed by atoms with Gasteiger partial charge < -0.3 is 10.5 Å². The molecule has 1 fully saturated rings. The monoisotopic (exact) mass is 179 g/mol. The first kappa shape index (κ1) is 6.52. The van der Waals surface area contributed by atoms with Crippen LogP contribution in [0.15, 0.2) is 0 Å². The van der Waals surface area contributed by atoms with Crippen LogP contribution >= 0.6 is 15.9 Å². The van der Waals surface area contributed by atoms with Gasteiger partial charge in [0, 0.05) is 12.6 Å². The molecule has 2 nitrogen and oxygen atoms in total. The Bertz CT molecular complexity index is 68.8. The van der Waals surface area contributed by atoms with Crippen LogP contribution in [-0.4, -0.2) is 24.1 Å². The number of halogens is 1. The summed E-state index contributed by atoms with van der Waals surface area (Å²) in [5.74, 6) is 0. The molecule has 0 aromatic heterocycles. The molecule has 0 amide bonds. The van der Waals surface area contributed by atoms with Crippen LogP contribution in [-0.2, 0) is 4.74 Å². The molecular formula is C5H10BrNO. The topological polar surface area (TPSA) is 35.2 Å². The molecule has 0 radical (unpaired) electrons. The molecule has 0 aromatic carbocycles. The van der Waals surface area contributed by atoms with Gasteiger partial charge in [-0.2, -0.15) is 0 Å². The summed E-state index contributed by atoms with van der Waals surface area (Å²) in [6.07, 6.45) is 0.982. The maximum atomic E-state index is 5.65. The van der Waals surface area contributed by atoms with Gasteiger partial charge in [-0.05, 0) is 6.42 Å². The van der Waals surface area contributed by atoms with E-state index in [0.29, 0.717) is 10.9 Å². The molecule has 0 bridgehead atoms. The minimum absolute atomic E-state index is 0.295. The molecular weight excluding hydrogens is 170 g/mol. The number of nitrogens with two attached hydrogens (primary N) is 1. The quantitative estimate of drug-likeness (QED) is 0.551. The first-order valence-electron chi connectivity index (χ1n) is 2.78. The van der Waals surface area contributed by atoms with E-state index in [-0.39, 0.29) is 0 Å². The standard InChI is InChI=1S/C5H10BrNO/c6-4-3-8-2-1-5(4)7/h4-5H,1-3,7H2/t4-,5+/m1/s1. The molecule has 1 heterocycles. The Balaban J connectivity index is 2.28. The molecule has 8 heavy (non-hydrogen) atoms. The Morgan fingerprint density at radius 3 is 2.75 bits per heavy atom. The van der Waals surface area contributed by atoms with Crippen molar-refractivity contribution in [3.8, 4) is 0 Å². The van der Waals surface area contributed by atoms with Crippen LogP contribution in [0.1, 0.15) is 6.42 Å². The Kier molecular flexibility index (Phi) is 2.28. The summed E-state index contributed by atoms with van der Waals surface area (Å²) < 4.78 is 5.13. The first-order valence-corrected chi connectivity index (χ1v) is 3.69. The molecule has 1 saturated heterocycles. The van der Waals surface area contributed by atoms with Crippen LogP contribution < -0.4 is 5.73 Å². The van der Waals surface area contributed by atoms with Crippen LogP contribution in [0.2, 0.25) is 0 Å². The van der Waals surface area contributed by atoms with E-state index >= 15 is 0 Å². The van der Waals surface area contributed by atoms with Crippen molar-refractivity contribution in [3.05, 3.63) is 0 Å². The molecule has 2 atom stereocenters. The highest BCUT2D eigenvalue weighted by atomic mass is 79.9. The second kappa shape index (κ2) is 2.80. The van der Waals surface area contributed by atoms with Crippen molar-refractivity contribution in [1.29, 1.82) is 0 Å². The van der Waals surface area contributed by atoms with E-state index < -0.39 is 0 Å². The van der Waals surface area contributed by atoms with Gasteiger partial charge in [0.05, 0.1) is 11.4 Å². The molecule has 0 aliphatic carbocycles. The van der Waals surface area contributed by atoms with E-state index in [9.17, 15) is 0 Å². The minimum Gasteiger partial charge on any atom is -0.380 e. The third-order valence-electron chi connectivity index (χ3n) is 1.34. The Morgan fingerprint density at radius 1 is 1.62 bits per heavy atom. The highest BCUT2D eigenvalue weighted by Crippen LogP contribution is 2.12. The minimum atomic E-state index is 0.295. The summed E-state index contributed by atoms with van der Waals surface area (Å²) in [4.78, 5) is 0.372. The molecule has 3 heteroatoms. The van der Waals surface area contributed by atoms with Crippen LogP contribution in [0.5, 0.6) is 0 Å². The van der Waals surface area contributed by atoms with Crippen molar-refractivity contribution in [2.24, 2.45) is 5.73 Å². The fraction of sp³-hybridized carbons (Fsp3) is 1.00. The Hall–Kier alpha value is 0.400. The second-order valence-electron chi connectivity index (χ2n) is 2.04. The molecule has 1 rings (SSSR count). The van der Waals surface area contributed by atoms with E-state index in [1.807, 2.05) is 0 Å². The normalized spacial score (nSPS) is 39.8. The van der Waals surface area contributed by atoms with Crippen molar-refractivity contribution in [1.82, 2.24) is 0 Å². The zero-order valence-corrected chi connectivity index (χ0v) is 6.23. The van der Waals surface area contributed by atoms with Gasteiger partial charge in [-0.3, -0.25) is 0 Å². The zero-order valence-electron chi connectivity index (χ0n) is 4.64. The van der Waals surface area contributed by atoms with Crippen molar-refractivity contribution < 1.29 is 4.74 Å². The lowest BCUT2D eigenvalue weighted by Crippen LogP contribution is -2.38. The SMILES string of the molecule is N[C@H]1CCOC[C@H]1Br. The maximum absolute atomic E-state index is 5.65. The predicted octanol–water partition coefficient (Wildman–Crippen LogP) is 0.497. The maximum Gasteiger partial charge on any atom is 0.0606 e. The average molecular weight is 180 g/mol. The number of hydrogen-bond donors (Lipinski definition) is 1. The fourth-order valence-corrected chi connectivity index (χ4v) is 1.17. The molecule has 0 saturated carbocycles. The molecule has 1 aliphatic heterocycles. The van der Waals surface area contributed by atoms with Crippen molar-refractivity contribution in [3.63, 3.8) is 0 Å². The lowest BCUT2D eigenvalue weighted by Gasteiger charge is -2.23. The largest absolute Gasteiger partial charge is 0.380 e. The van der Waals surface area contributed by atoms with Crippen LogP contribution in [0.25, 0.3) is 0 Å². The highest BCUT2D eigenvalue weighted by molar-refractivity contribution is 9.09. The van der Waals surface area contributed by atoms with E-state index in [0.717, 1.165) is 19.6 Å². The van der Waals surface area contributed by atoms with Gasteiger partial charge >= 0.3 is 0 Å². The molecule has 48 valence electrons. The summed E-state index contributed by atoms with van der Waals surface area (Å²) in [5.41, 5.74) is 5.65. The van der Waals surface area contributed by atoms with E-state index in [2.05, 4.69) is 15.9 Å². The Labute approximate surface area is 57.5 Å². The number of rotatable bonds is 0. The van der Waals surface area contributed by atoms with Gasteiger partial charge in [-0.15, -0.1) is 0 Å². The smallest absolute Gasteiger partial charge is 0.0606 e. The summed E-state index contributed by atoms with van der Waals surface area (Å²) >= 11 is 3.40. The van der Waals surface area contributed by atoms with Gasteiger partial charge in [0.25, 0.3) is 0 Å². The zero-order chi connectivity index (χ0) is 5.98. The molecule has 1 aliphatic rings. The van der Waals surface area contributed by atoms with E-state index in [4.69, 9.17) is 10.5 Å². The van der Waals surface area contributed by atoms with Crippen molar-refractivity contribution >= 4 is 15.9 Å². The number of ether oxygens (including phenoxy) is 1. The first-order chi connectivity index (χ1) is 3.80. The second-order valence-corrected chi connectivity index (χ2v) is 3.22. The Morgan fingerprint density at radius 2 is 2.38 bits per heavy atom. The van der Waals surface area contributed by atoms with Gasteiger partial charge in [0.1, 0.15) is 0 Å². The number of alkyl halides is 1. The third-order valence-corrected chi connectivity index (χ3v) is 2.28. The van der Waals surface area contributed by atoms with Crippen molar-refractivity contribution in [2.45, 2.75) is 17.3 Å². The van der Waals surface area contributed by atoms with Gasteiger partial charge in [0.15, 0.2) is 0 Å². The summed E-state index contributed by atoms with van der Waals surface area (Å²) in [6.45, 7) is 1.59. The number of hydrogen-bond acceptors (Lipinski definition) is 2. The summed E-state index contributed by atoms with van der Waals surface area (Å²) in [7, 11) is 0. The summed E-state index contributed by atoms with van der Waals surface area (Å²) in [5, 5.41) is 0. The lowest BCUT2D eigenvalue weighted by molar-refractivity contribution is 0.0932. The van der Waals surface area contributed by atoms with Crippen molar-refractivity contribution in [2.75, 3.05) is 13.2 Å². The third kappa shape index (κ3) is 1.44. The van der Waals surface area contributed by atoms with Gasteiger partial charge in [-0.1, -0.05) is 15.9 Å². The van der Waals surface area contributed by atoms with Crippen LogP contribution in [0.4, 0.5) is 0 Å². The molecule has 2 N–H and O–H groups in total. The lowest BCUT2D eigenvalue weighted by atomic mass is 10.1. The highest BCUT2D eigenvalue weighted by Gasteiger charge is 2.18. The van der Waals surface area contributed by atoms with Crippen LogP contribution in [0.3, 0.4) is 0 Å². The van der Waals surface area contributed by atoms with E-state index in [1.165, 1.54) is 0 Å². The van der Waals surface area contributed by atoms with Gasteiger partial charge in [-0.25, -0.2) is 0 Å². The van der Waals surface area contributed by atoms with Gasteiger partial charge in [0.2, 0.25) is 0 Å². The molecule has 0 spiro atoms. The summed E-state index contributed by atoms with van der Waals surface area (Å²) in [6, 6.07) is 0.295.